The van der Waals surface area contributed by atoms with Gasteiger partial charge in [-0.15, -0.1) is 0 Å². The molecule has 2 aromatic carbocycles. The van der Waals surface area contributed by atoms with Gasteiger partial charge in [-0.05, 0) is 34.8 Å². The van der Waals surface area contributed by atoms with Crippen molar-refractivity contribution in [2.45, 2.75) is 80.3 Å². The topological polar surface area (TPSA) is 163 Å². The number of nitrogens with one attached hydrogen (secondary N) is 2. The number of hydrogen-bond donors (Lipinski definition) is 2. The van der Waals surface area contributed by atoms with Crippen LogP contribution in [-0.4, -0.2) is 47.9 Å². The summed E-state index contributed by atoms with van der Waals surface area (Å²) in [4.78, 5) is 59.3. The van der Waals surface area contributed by atoms with Gasteiger partial charge in [0.15, 0.2) is 11.5 Å². The van der Waals surface area contributed by atoms with E-state index in [9.17, 15) is 19.2 Å². The fourth-order valence-electron chi connectivity index (χ4n) is 6.12. The highest BCUT2D eigenvalue weighted by Gasteiger charge is 2.32. The molecule has 0 aliphatic carbocycles. The Kier molecular flexibility index (Phi) is 14.3. The van der Waals surface area contributed by atoms with Crippen LogP contribution in [0.25, 0.3) is 33.8 Å². The van der Waals surface area contributed by atoms with Crippen molar-refractivity contribution in [3.05, 3.63) is 72.7 Å². The Labute approximate surface area is 317 Å². The lowest BCUT2D eigenvalue weighted by atomic mass is 9.90. The van der Waals surface area contributed by atoms with Gasteiger partial charge in [-0.3, -0.25) is 19.2 Å². The molecule has 4 aromatic rings. The van der Waals surface area contributed by atoms with E-state index >= 15 is 0 Å². The molecule has 0 spiro atoms. The van der Waals surface area contributed by atoms with Crippen molar-refractivity contribution >= 4 is 23.8 Å². The molecular formula is C42H54N4O8. The second-order valence-electron chi connectivity index (χ2n) is 15.0. The van der Waals surface area contributed by atoms with Crippen molar-refractivity contribution in [3.63, 3.8) is 0 Å². The zero-order chi connectivity index (χ0) is 39.7. The Morgan fingerprint density at radius 3 is 1.13 bits per heavy atom. The number of oxazole rings is 2. The average molecular weight is 743 g/mol. The first kappa shape index (κ1) is 41.5. The first-order valence-electron chi connectivity index (χ1n) is 18.5. The fourth-order valence-corrected chi connectivity index (χ4v) is 6.12. The van der Waals surface area contributed by atoms with Crippen molar-refractivity contribution in [1.82, 2.24) is 20.6 Å². The molecule has 0 saturated carbocycles. The molecule has 2 amide bonds. The SMILES string of the molecule is COC(=O)C[C@@H](C(=O)N[C@H](c1ncc(-c2ccc(-c3ccc(-c4cnc([C@@H](NC(=O)[C@H](CC(=O)OC)C(C)C)C(C)C)o4)cc3)cc2)o1)C(C)C)C(C)C. The Hall–Kier alpha value is -5.26. The Morgan fingerprint density at radius 1 is 0.537 bits per heavy atom. The van der Waals surface area contributed by atoms with Crippen LogP contribution in [0.3, 0.4) is 0 Å². The van der Waals surface area contributed by atoms with Gasteiger partial charge in [-0.1, -0.05) is 104 Å². The van der Waals surface area contributed by atoms with Crippen molar-refractivity contribution in [1.29, 1.82) is 0 Å². The maximum Gasteiger partial charge on any atom is 0.306 e. The monoisotopic (exact) mass is 742 g/mol. The van der Waals surface area contributed by atoms with E-state index in [1.165, 1.54) is 14.2 Å². The fraction of sp³-hybridized carbons (Fsp3) is 0.476. The van der Waals surface area contributed by atoms with Crippen LogP contribution < -0.4 is 10.6 Å². The molecular weight excluding hydrogens is 688 g/mol. The molecule has 4 rings (SSSR count). The lowest BCUT2D eigenvalue weighted by molar-refractivity contribution is -0.145. The van der Waals surface area contributed by atoms with Gasteiger partial charge in [0, 0.05) is 11.1 Å². The van der Waals surface area contributed by atoms with Crippen molar-refractivity contribution in [2.75, 3.05) is 14.2 Å². The van der Waals surface area contributed by atoms with Crippen LogP contribution in [0.5, 0.6) is 0 Å². The molecule has 54 heavy (non-hydrogen) atoms. The maximum atomic E-state index is 13.2. The number of hydrogen-bond acceptors (Lipinski definition) is 10. The summed E-state index contributed by atoms with van der Waals surface area (Å²) in [5, 5.41) is 6.09. The number of benzene rings is 2. The second-order valence-corrected chi connectivity index (χ2v) is 15.0. The molecule has 0 bridgehead atoms. The van der Waals surface area contributed by atoms with Gasteiger partial charge in [-0.25, -0.2) is 9.97 Å². The summed E-state index contributed by atoms with van der Waals surface area (Å²) in [6, 6.07) is 14.9. The van der Waals surface area contributed by atoms with Crippen LogP contribution >= 0.6 is 0 Å². The lowest BCUT2D eigenvalue weighted by Crippen LogP contribution is -2.39. The second kappa shape index (κ2) is 18.7. The van der Waals surface area contributed by atoms with Gasteiger partial charge in [0.2, 0.25) is 23.6 Å². The smallest absolute Gasteiger partial charge is 0.306 e. The number of aromatic nitrogens is 2. The predicted octanol–water partition coefficient (Wildman–Crippen LogP) is 7.96. The maximum absolute atomic E-state index is 13.2. The highest BCUT2D eigenvalue weighted by Crippen LogP contribution is 2.32. The van der Waals surface area contributed by atoms with E-state index in [4.69, 9.17) is 18.3 Å². The number of methoxy groups -OCH3 is 2. The van der Waals surface area contributed by atoms with Gasteiger partial charge in [0.25, 0.3) is 0 Å². The minimum atomic E-state index is -0.538. The number of ether oxygens (including phenoxy) is 2. The zero-order valence-corrected chi connectivity index (χ0v) is 33.0. The van der Waals surface area contributed by atoms with E-state index in [-0.39, 0.29) is 48.3 Å². The van der Waals surface area contributed by atoms with E-state index in [1.807, 2.05) is 104 Å². The summed E-state index contributed by atoms with van der Waals surface area (Å²) in [6.07, 6.45) is 3.30. The van der Waals surface area contributed by atoms with E-state index in [0.29, 0.717) is 23.3 Å². The first-order valence-corrected chi connectivity index (χ1v) is 18.5. The minimum Gasteiger partial charge on any atom is -0.469 e. The molecule has 2 N–H and O–H groups in total. The molecule has 0 fully saturated rings. The highest BCUT2D eigenvalue weighted by molar-refractivity contribution is 5.85. The number of nitrogens with zero attached hydrogens (tertiary/aromatic N) is 2. The normalized spacial score (nSPS) is 13.8. The number of carbonyl (C=O) groups is 4. The molecule has 2 heterocycles. The first-order chi connectivity index (χ1) is 25.6. The van der Waals surface area contributed by atoms with E-state index in [1.54, 1.807) is 12.4 Å². The highest BCUT2D eigenvalue weighted by atomic mass is 16.5. The van der Waals surface area contributed by atoms with E-state index in [2.05, 4.69) is 20.6 Å². The molecule has 0 aliphatic rings. The number of carbonyl (C=O) groups excluding carboxylic acids is 4. The summed E-state index contributed by atoms with van der Waals surface area (Å²) < 4.78 is 21.9. The zero-order valence-electron chi connectivity index (χ0n) is 33.0. The third-order valence-electron chi connectivity index (χ3n) is 9.69. The summed E-state index contributed by atoms with van der Waals surface area (Å²) in [5.41, 5.74) is 3.66. The molecule has 4 atom stereocenters. The molecule has 12 nitrogen and oxygen atoms in total. The molecule has 0 unspecified atom stereocenters. The largest absolute Gasteiger partial charge is 0.469 e. The Morgan fingerprint density at radius 2 is 0.852 bits per heavy atom. The molecule has 290 valence electrons. The van der Waals surface area contributed by atoms with Gasteiger partial charge < -0.3 is 28.9 Å². The summed E-state index contributed by atoms with van der Waals surface area (Å²) in [5.74, 6) is -0.646. The molecule has 12 heteroatoms. The van der Waals surface area contributed by atoms with Crippen LogP contribution in [0, 0.1) is 35.5 Å². The third kappa shape index (κ3) is 10.4. The molecule has 0 aliphatic heterocycles. The number of esters is 2. The number of amides is 2. The third-order valence-corrected chi connectivity index (χ3v) is 9.69. The Balaban J connectivity index is 1.45. The summed E-state index contributed by atoms with van der Waals surface area (Å²) >= 11 is 0. The van der Waals surface area contributed by atoms with E-state index < -0.39 is 35.9 Å². The summed E-state index contributed by atoms with van der Waals surface area (Å²) in [7, 11) is 2.63. The Bertz CT molecular complexity index is 1720. The standard InChI is InChI=1S/C42H54N4O8/c1-23(2)31(19-35(47)51-9)39(49)45-37(25(5)6)41-43-21-33(53-41)29-15-11-27(12-16-29)28-13-17-30(18-14-28)34-22-44-42(54-34)38(26(7)8)46-40(50)32(24(3)4)20-36(48)52-10/h11-18,21-26,31-32,37-38H,19-20H2,1-10H3,(H,45,49)(H,46,50)/t31-,32-,37+,38+/m1/s1. The quantitative estimate of drug-likeness (QED) is 0.102. The summed E-state index contributed by atoms with van der Waals surface area (Å²) in [6.45, 7) is 15.5. The van der Waals surface area contributed by atoms with Gasteiger partial charge in [0.1, 0.15) is 12.1 Å². The van der Waals surface area contributed by atoms with Crippen molar-refractivity contribution in [2.24, 2.45) is 35.5 Å². The van der Waals surface area contributed by atoms with Crippen molar-refractivity contribution < 1.29 is 37.5 Å². The number of rotatable bonds is 17. The minimum absolute atomic E-state index is 0.00182. The van der Waals surface area contributed by atoms with Crippen LogP contribution in [0.15, 0.2) is 69.8 Å². The van der Waals surface area contributed by atoms with Crippen LogP contribution in [-0.2, 0) is 28.7 Å². The van der Waals surface area contributed by atoms with E-state index in [0.717, 1.165) is 22.3 Å². The molecule has 2 aromatic heterocycles. The van der Waals surface area contributed by atoms with Gasteiger partial charge in [-0.2, -0.15) is 0 Å². The molecule has 0 radical (unpaired) electrons. The predicted molar refractivity (Wildman–Crippen MR) is 204 cm³/mol. The molecule has 0 saturated heterocycles. The average Bonchev–Trinajstić information content (AvgIpc) is 3.84. The van der Waals surface area contributed by atoms with Gasteiger partial charge >= 0.3 is 11.9 Å². The van der Waals surface area contributed by atoms with Crippen LogP contribution in [0.2, 0.25) is 0 Å². The lowest BCUT2D eigenvalue weighted by Gasteiger charge is -2.24. The van der Waals surface area contributed by atoms with Crippen LogP contribution in [0.1, 0.15) is 92.1 Å². The van der Waals surface area contributed by atoms with Crippen molar-refractivity contribution in [3.8, 4) is 33.8 Å². The van der Waals surface area contributed by atoms with Gasteiger partial charge in [0.05, 0.1) is 51.3 Å². The van der Waals surface area contributed by atoms with Crippen LogP contribution in [0.4, 0.5) is 0 Å².